The van der Waals surface area contributed by atoms with Gasteiger partial charge in [0.05, 0.1) is 5.75 Å². The lowest BCUT2D eigenvalue weighted by Crippen LogP contribution is -2.33. The summed E-state index contributed by atoms with van der Waals surface area (Å²) in [6.45, 7) is 8.13. The van der Waals surface area contributed by atoms with Crippen LogP contribution in [0.1, 0.15) is 31.5 Å². The number of carbonyl (C=O) groups is 1. The number of aromatic nitrogens is 3. The molecule has 0 aliphatic carbocycles. The number of carbonyl (C=O) groups excluding carboxylic acids is 1. The predicted molar refractivity (Wildman–Crippen MR) is 80.7 cm³/mol. The highest BCUT2D eigenvalue weighted by Gasteiger charge is 2.17. The molecule has 0 unspecified atom stereocenters. The zero-order valence-corrected chi connectivity index (χ0v) is 12.9. The molecule has 1 aromatic rings. The van der Waals surface area contributed by atoms with Crippen molar-refractivity contribution in [3.8, 4) is 0 Å². The van der Waals surface area contributed by atoms with E-state index in [0.717, 1.165) is 36.9 Å². The summed E-state index contributed by atoms with van der Waals surface area (Å²) in [5.74, 6) is 1.51. The van der Waals surface area contributed by atoms with E-state index in [1.165, 1.54) is 24.6 Å². The number of amides is 1. The van der Waals surface area contributed by atoms with Gasteiger partial charge in [0.25, 0.3) is 0 Å². The Hall–Kier alpha value is -1.30. The summed E-state index contributed by atoms with van der Waals surface area (Å²) in [6, 6.07) is 0. The van der Waals surface area contributed by atoms with Crippen LogP contribution in [-0.4, -0.2) is 44.4 Å². The first kappa shape index (κ1) is 15.1. The molecular weight excluding hydrogens is 272 g/mol. The van der Waals surface area contributed by atoms with E-state index in [9.17, 15) is 4.79 Å². The van der Waals surface area contributed by atoms with Crippen LogP contribution in [0.25, 0.3) is 0 Å². The molecule has 0 radical (unpaired) electrons. The molecule has 2 heterocycles. The Labute approximate surface area is 124 Å². The van der Waals surface area contributed by atoms with Crippen LogP contribution in [0.2, 0.25) is 0 Å². The van der Waals surface area contributed by atoms with Gasteiger partial charge < -0.3 is 9.47 Å². The fraction of sp³-hybridized carbons (Fsp3) is 0.643. The summed E-state index contributed by atoms with van der Waals surface area (Å²) >= 11 is 1.47. The molecule has 2 rings (SSSR count). The lowest BCUT2D eigenvalue weighted by Gasteiger charge is -2.19. The Morgan fingerprint density at radius 1 is 1.30 bits per heavy atom. The fourth-order valence-corrected chi connectivity index (χ4v) is 3.24. The summed E-state index contributed by atoms with van der Waals surface area (Å²) in [6.07, 6.45) is 6.55. The summed E-state index contributed by atoms with van der Waals surface area (Å²) in [5.41, 5.74) is 0. The number of hydrogen-bond acceptors (Lipinski definition) is 4. The molecule has 0 aromatic carbocycles. The zero-order chi connectivity index (χ0) is 14.4. The monoisotopic (exact) mass is 294 g/mol. The van der Waals surface area contributed by atoms with Crippen LogP contribution in [0.5, 0.6) is 0 Å². The largest absolute Gasteiger partial charge is 0.342 e. The van der Waals surface area contributed by atoms with Crippen LogP contribution >= 0.6 is 11.8 Å². The number of nitrogens with zero attached hydrogens (tertiary/aromatic N) is 4. The van der Waals surface area contributed by atoms with Gasteiger partial charge in [-0.15, -0.1) is 16.8 Å². The van der Waals surface area contributed by atoms with Crippen molar-refractivity contribution in [2.24, 2.45) is 0 Å². The molecule has 1 aromatic heterocycles. The second kappa shape index (κ2) is 7.47. The first-order valence-corrected chi connectivity index (χ1v) is 8.12. The standard InChI is InChI=1S/C14H22N4OS/c1-3-8-18-12(2)15-16-14(18)20-11-13(19)17-9-6-4-5-7-10-17/h3H,1,4-11H2,2H3. The number of likely N-dealkylation sites (tertiary alicyclic amines) is 1. The van der Waals surface area contributed by atoms with Gasteiger partial charge in [-0.05, 0) is 19.8 Å². The Balaban J connectivity index is 1.90. The van der Waals surface area contributed by atoms with Crippen LogP contribution in [-0.2, 0) is 11.3 Å². The molecule has 0 atom stereocenters. The average molecular weight is 294 g/mol. The Morgan fingerprint density at radius 3 is 2.65 bits per heavy atom. The van der Waals surface area contributed by atoms with E-state index in [2.05, 4.69) is 16.8 Å². The van der Waals surface area contributed by atoms with Gasteiger partial charge >= 0.3 is 0 Å². The van der Waals surface area contributed by atoms with Crippen LogP contribution in [0.4, 0.5) is 0 Å². The first-order chi connectivity index (χ1) is 9.72. The van der Waals surface area contributed by atoms with Crippen LogP contribution in [0, 0.1) is 6.92 Å². The van der Waals surface area contributed by atoms with E-state index in [-0.39, 0.29) is 5.91 Å². The summed E-state index contributed by atoms with van der Waals surface area (Å²) in [5, 5.41) is 8.98. The molecule has 0 bridgehead atoms. The van der Waals surface area contributed by atoms with Crippen LogP contribution in [0.15, 0.2) is 17.8 Å². The topological polar surface area (TPSA) is 51.0 Å². The molecule has 110 valence electrons. The second-order valence-electron chi connectivity index (χ2n) is 5.01. The van der Waals surface area contributed by atoms with Crippen molar-refractivity contribution < 1.29 is 4.79 Å². The second-order valence-corrected chi connectivity index (χ2v) is 5.96. The predicted octanol–water partition coefficient (Wildman–Crippen LogP) is 2.27. The zero-order valence-electron chi connectivity index (χ0n) is 12.0. The van der Waals surface area contributed by atoms with Crippen LogP contribution in [0.3, 0.4) is 0 Å². The molecule has 0 N–H and O–H groups in total. The summed E-state index contributed by atoms with van der Waals surface area (Å²) in [7, 11) is 0. The third kappa shape index (κ3) is 3.85. The van der Waals surface area contributed by atoms with Crippen molar-refractivity contribution in [1.29, 1.82) is 0 Å². The summed E-state index contributed by atoms with van der Waals surface area (Å²) < 4.78 is 1.98. The minimum absolute atomic E-state index is 0.211. The fourth-order valence-electron chi connectivity index (χ4n) is 2.35. The molecule has 1 saturated heterocycles. The van der Waals surface area contributed by atoms with Crippen LogP contribution < -0.4 is 0 Å². The Bertz CT molecular complexity index is 464. The highest BCUT2D eigenvalue weighted by Crippen LogP contribution is 2.18. The van der Waals surface area contributed by atoms with Gasteiger partial charge in [0.2, 0.25) is 5.91 Å². The lowest BCUT2D eigenvalue weighted by atomic mass is 10.2. The lowest BCUT2D eigenvalue weighted by molar-refractivity contribution is -0.128. The van der Waals surface area contributed by atoms with Gasteiger partial charge in [-0.3, -0.25) is 4.79 Å². The first-order valence-electron chi connectivity index (χ1n) is 7.13. The van der Waals surface area contributed by atoms with Gasteiger partial charge in [-0.1, -0.05) is 30.7 Å². The summed E-state index contributed by atoms with van der Waals surface area (Å²) in [4.78, 5) is 14.2. The van der Waals surface area contributed by atoms with Crippen molar-refractivity contribution in [3.05, 3.63) is 18.5 Å². The molecule has 1 amide bonds. The third-order valence-electron chi connectivity index (χ3n) is 3.50. The van der Waals surface area contributed by atoms with E-state index in [1.807, 2.05) is 22.5 Å². The van der Waals surface area contributed by atoms with E-state index in [1.54, 1.807) is 0 Å². The maximum Gasteiger partial charge on any atom is 0.233 e. The molecule has 20 heavy (non-hydrogen) atoms. The Kier molecular flexibility index (Phi) is 5.64. The van der Waals surface area contributed by atoms with E-state index in [0.29, 0.717) is 12.3 Å². The maximum absolute atomic E-state index is 12.2. The van der Waals surface area contributed by atoms with Crippen molar-refractivity contribution in [3.63, 3.8) is 0 Å². The molecule has 1 aliphatic rings. The van der Waals surface area contributed by atoms with Gasteiger partial charge in [0.1, 0.15) is 5.82 Å². The number of hydrogen-bond donors (Lipinski definition) is 0. The smallest absolute Gasteiger partial charge is 0.233 e. The normalized spacial score (nSPS) is 15.9. The Morgan fingerprint density at radius 2 is 2.00 bits per heavy atom. The molecule has 1 aliphatic heterocycles. The molecular formula is C14H22N4OS. The van der Waals surface area contributed by atoms with Gasteiger partial charge in [-0.25, -0.2) is 0 Å². The van der Waals surface area contributed by atoms with E-state index in [4.69, 9.17) is 0 Å². The third-order valence-corrected chi connectivity index (χ3v) is 4.45. The molecule has 0 saturated carbocycles. The van der Waals surface area contributed by atoms with Gasteiger partial charge in [0.15, 0.2) is 5.16 Å². The maximum atomic E-state index is 12.2. The number of aryl methyl sites for hydroxylation is 1. The average Bonchev–Trinajstić information content (AvgIpc) is 2.68. The highest BCUT2D eigenvalue weighted by molar-refractivity contribution is 7.99. The minimum atomic E-state index is 0.211. The van der Waals surface area contributed by atoms with Crippen molar-refractivity contribution in [2.45, 2.75) is 44.3 Å². The molecule has 1 fully saturated rings. The highest BCUT2D eigenvalue weighted by atomic mass is 32.2. The van der Waals surface area contributed by atoms with E-state index < -0.39 is 0 Å². The van der Waals surface area contributed by atoms with Crippen molar-refractivity contribution in [2.75, 3.05) is 18.8 Å². The molecule has 5 nitrogen and oxygen atoms in total. The van der Waals surface area contributed by atoms with Gasteiger partial charge in [0, 0.05) is 19.6 Å². The molecule has 6 heteroatoms. The SMILES string of the molecule is C=CCn1c(C)nnc1SCC(=O)N1CCCCCC1. The number of thioether (sulfide) groups is 1. The minimum Gasteiger partial charge on any atom is -0.342 e. The number of rotatable bonds is 5. The van der Waals surface area contributed by atoms with Crippen molar-refractivity contribution >= 4 is 17.7 Å². The molecule has 0 spiro atoms. The van der Waals surface area contributed by atoms with Gasteiger partial charge in [-0.2, -0.15) is 0 Å². The van der Waals surface area contributed by atoms with Crippen molar-refractivity contribution in [1.82, 2.24) is 19.7 Å². The number of allylic oxidation sites excluding steroid dienone is 1. The quantitative estimate of drug-likeness (QED) is 0.617. The van der Waals surface area contributed by atoms with E-state index >= 15 is 0 Å².